The summed E-state index contributed by atoms with van der Waals surface area (Å²) in [5.74, 6) is 2.79. The normalized spacial score (nSPS) is 22.9. The van der Waals surface area contributed by atoms with Crippen LogP contribution in [0.15, 0.2) is 36.4 Å². The number of carbonyl (C=O) groups excluding carboxylic acids is 1. The van der Waals surface area contributed by atoms with Gasteiger partial charge in [0.15, 0.2) is 5.78 Å². The first-order chi connectivity index (χ1) is 18.8. The quantitative estimate of drug-likeness (QED) is 0.353. The van der Waals surface area contributed by atoms with Gasteiger partial charge in [-0.15, -0.1) is 0 Å². The summed E-state index contributed by atoms with van der Waals surface area (Å²) in [6, 6.07) is 13.7. The summed E-state index contributed by atoms with van der Waals surface area (Å²) in [6.45, 7) is 0. The van der Waals surface area contributed by atoms with E-state index in [1.165, 1.54) is 140 Å². The molecule has 0 bridgehead atoms. The molecule has 0 aliphatic heterocycles. The predicted octanol–water partition coefficient (Wildman–Crippen LogP) is 11.1. The van der Waals surface area contributed by atoms with Gasteiger partial charge < -0.3 is 0 Å². The molecular weight excluding hydrogens is 460 g/mol. The van der Waals surface area contributed by atoms with Crippen molar-refractivity contribution in [3.8, 4) is 0 Å². The molecule has 204 valence electrons. The summed E-state index contributed by atoms with van der Waals surface area (Å²) >= 11 is 0. The van der Waals surface area contributed by atoms with E-state index in [0.717, 1.165) is 11.1 Å². The van der Waals surface area contributed by atoms with E-state index in [4.69, 9.17) is 0 Å². The third-order valence-corrected chi connectivity index (χ3v) is 10.9. The van der Waals surface area contributed by atoms with E-state index < -0.39 is 0 Å². The second kappa shape index (κ2) is 12.5. The van der Waals surface area contributed by atoms with Crippen LogP contribution in [0.4, 0.5) is 0 Å². The van der Waals surface area contributed by atoms with Crippen LogP contribution in [-0.2, 0) is 0 Å². The van der Waals surface area contributed by atoms with Crippen LogP contribution in [-0.4, -0.2) is 5.78 Å². The zero-order chi connectivity index (χ0) is 25.7. The van der Waals surface area contributed by atoms with Crippen LogP contribution in [0.25, 0.3) is 0 Å². The average molecular weight is 511 g/mol. The molecule has 4 aliphatic rings. The molecule has 1 nitrogen and oxygen atoms in total. The van der Waals surface area contributed by atoms with E-state index >= 15 is 0 Å². The van der Waals surface area contributed by atoms with E-state index in [9.17, 15) is 4.79 Å². The minimum Gasteiger partial charge on any atom is -0.289 e. The maximum Gasteiger partial charge on any atom is 0.193 e. The Labute approximate surface area is 232 Å². The molecule has 6 rings (SSSR count). The number of hydrogen-bond donors (Lipinski definition) is 0. The molecule has 0 spiro atoms. The lowest BCUT2D eigenvalue weighted by Gasteiger charge is -2.33. The minimum absolute atomic E-state index is 0.349. The lowest BCUT2D eigenvalue weighted by atomic mass is 9.71. The van der Waals surface area contributed by atoms with E-state index in [0.29, 0.717) is 29.5 Å². The molecule has 0 heterocycles. The standard InChI is InChI=1S/C37H50O/c38-37(33-25-13-23-31(27-15-5-1-6-16-27)35(33)29-19-9-3-10-20-29)34-26-14-24-32(28-17-7-2-8-18-28)36(34)30-21-11-4-12-22-30/h13-14,23-30H,1-12,15-22H2. The van der Waals surface area contributed by atoms with Crippen molar-refractivity contribution in [3.63, 3.8) is 0 Å². The molecule has 2 aromatic rings. The average Bonchev–Trinajstić information content (AvgIpc) is 3.01. The van der Waals surface area contributed by atoms with Crippen molar-refractivity contribution in [3.05, 3.63) is 69.8 Å². The third-order valence-electron chi connectivity index (χ3n) is 10.9. The van der Waals surface area contributed by atoms with Crippen molar-refractivity contribution in [1.29, 1.82) is 0 Å². The smallest absolute Gasteiger partial charge is 0.193 e. The van der Waals surface area contributed by atoms with Crippen LogP contribution >= 0.6 is 0 Å². The van der Waals surface area contributed by atoms with Crippen molar-refractivity contribution < 1.29 is 4.79 Å². The van der Waals surface area contributed by atoms with E-state index in [-0.39, 0.29) is 0 Å². The first kappa shape index (κ1) is 26.3. The van der Waals surface area contributed by atoms with Crippen molar-refractivity contribution in [2.24, 2.45) is 0 Å². The lowest BCUT2D eigenvalue weighted by molar-refractivity contribution is 0.103. The molecule has 4 fully saturated rings. The lowest BCUT2D eigenvalue weighted by Crippen LogP contribution is -2.20. The molecule has 0 atom stereocenters. The number of hydrogen-bond acceptors (Lipinski definition) is 1. The predicted molar refractivity (Wildman–Crippen MR) is 160 cm³/mol. The molecule has 0 unspecified atom stereocenters. The van der Waals surface area contributed by atoms with Crippen LogP contribution in [0.3, 0.4) is 0 Å². The monoisotopic (exact) mass is 510 g/mol. The SMILES string of the molecule is O=C(c1cccc(C2CCCCC2)c1C1CCCCC1)c1cccc(C2CCCCC2)c1C1CCCCC1. The Balaban J connectivity index is 1.45. The first-order valence-corrected chi connectivity index (χ1v) is 16.6. The summed E-state index contributed by atoms with van der Waals surface area (Å²) in [5, 5.41) is 0. The number of ketones is 1. The fourth-order valence-electron chi connectivity index (χ4n) is 8.94. The fraction of sp³-hybridized carbons (Fsp3) is 0.649. The van der Waals surface area contributed by atoms with Crippen molar-refractivity contribution in [1.82, 2.24) is 0 Å². The van der Waals surface area contributed by atoms with Gasteiger partial charge in [0.1, 0.15) is 0 Å². The summed E-state index contributed by atoms with van der Waals surface area (Å²) in [4.78, 5) is 14.8. The van der Waals surface area contributed by atoms with Crippen LogP contribution < -0.4 is 0 Å². The van der Waals surface area contributed by atoms with Gasteiger partial charge in [0.25, 0.3) is 0 Å². The highest BCUT2D eigenvalue weighted by Crippen LogP contribution is 2.46. The highest BCUT2D eigenvalue weighted by Gasteiger charge is 2.32. The van der Waals surface area contributed by atoms with Crippen molar-refractivity contribution >= 4 is 5.78 Å². The second-order valence-electron chi connectivity index (χ2n) is 13.3. The molecule has 0 amide bonds. The Hall–Kier alpha value is -1.89. The van der Waals surface area contributed by atoms with Gasteiger partial charge in [-0.05, 0) is 97.3 Å². The van der Waals surface area contributed by atoms with Crippen LogP contribution in [0.2, 0.25) is 0 Å². The summed E-state index contributed by atoms with van der Waals surface area (Å²) in [5.41, 5.74) is 8.18. The molecule has 4 aliphatic carbocycles. The molecule has 38 heavy (non-hydrogen) atoms. The maximum absolute atomic E-state index is 14.8. The Bertz CT molecular complexity index is 986. The Morgan fingerprint density at radius 3 is 1.08 bits per heavy atom. The molecule has 4 saturated carbocycles. The fourth-order valence-corrected chi connectivity index (χ4v) is 8.94. The maximum atomic E-state index is 14.8. The van der Waals surface area contributed by atoms with Crippen LogP contribution in [0.1, 0.15) is 190 Å². The zero-order valence-corrected chi connectivity index (χ0v) is 23.8. The zero-order valence-electron chi connectivity index (χ0n) is 23.8. The molecule has 2 aromatic carbocycles. The summed E-state index contributed by atoms with van der Waals surface area (Å²) in [6.07, 6.45) is 26.5. The highest BCUT2D eigenvalue weighted by molar-refractivity contribution is 6.11. The summed E-state index contributed by atoms with van der Waals surface area (Å²) in [7, 11) is 0. The largest absolute Gasteiger partial charge is 0.289 e. The number of rotatable bonds is 6. The first-order valence-electron chi connectivity index (χ1n) is 16.6. The van der Waals surface area contributed by atoms with Gasteiger partial charge >= 0.3 is 0 Å². The van der Waals surface area contributed by atoms with Crippen molar-refractivity contribution in [2.75, 3.05) is 0 Å². The van der Waals surface area contributed by atoms with Gasteiger partial charge in [-0.1, -0.05) is 113 Å². The minimum atomic E-state index is 0.349. The molecule has 0 N–H and O–H groups in total. The number of carbonyl (C=O) groups is 1. The Kier molecular flexibility index (Phi) is 8.68. The van der Waals surface area contributed by atoms with Gasteiger partial charge in [0.05, 0.1) is 0 Å². The van der Waals surface area contributed by atoms with Crippen molar-refractivity contribution in [2.45, 2.75) is 152 Å². The highest BCUT2D eigenvalue weighted by atomic mass is 16.1. The Morgan fingerprint density at radius 2 is 0.737 bits per heavy atom. The van der Waals surface area contributed by atoms with E-state index in [2.05, 4.69) is 36.4 Å². The summed E-state index contributed by atoms with van der Waals surface area (Å²) < 4.78 is 0. The van der Waals surface area contributed by atoms with Gasteiger partial charge in [-0.3, -0.25) is 4.79 Å². The van der Waals surface area contributed by atoms with Gasteiger partial charge in [0.2, 0.25) is 0 Å². The topological polar surface area (TPSA) is 17.1 Å². The van der Waals surface area contributed by atoms with Crippen LogP contribution in [0, 0.1) is 0 Å². The third kappa shape index (κ3) is 5.55. The molecule has 0 saturated heterocycles. The van der Waals surface area contributed by atoms with E-state index in [1.54, 1.807) is 11.1 Å². The number of benzene rings is 2. The van der Waals surface area contributed by atoms with E-state index in [1.807, 2.05) is 0 Å². The van der Waals surface area contributed by atoms with Gasteiger partial charge in [0, 0.05) is 11.1 Å². The Morgan fingerprint density at radius 1 is 0.421 bits per heavy atom. The molecular formula is C37H50O. The molecule has 0 radical (unpaired) electrons. The molecule has 0 aromatic heterocycles. The van der Waals surface area contributed by atoms with Gasteiger partial charge in [-0.25, -0.2) is 0 Å². The van der Waals surface area contributed by atoms with Gasteiger partial charge in [-0.2, -0.15) is 0 Å². The van der Waals surface area contributed by atoms with Crippen LogP contribution in [0.5, 0.6) is 0 Å². The molecule has 1 heteroatoms. The second-order valence-corrected chi connectivity index (χ2v) is 13.3.